The first-order valence-corrected chi connectivity index (χ1v) is 12.0. The van der Waals surface area contributed by atoms with Crippen molar-refractivity contribution in [1.82, 2.24) is 14.7 Å². The molecule has 0 fully saturated rings. The Hall–Kier alpha value is -4.87. The van der Waals surface area contributed by atoms with Crippen LogP contribution in [0.15, 0.2) is 54.6 Å². The molecule has 12 heteroatoms. The molecule has 2 heterocycles. The first-order chi connectivity index (χ1) is 19.1. The molecule has 1 amide bonds. The maximum absolute atomic E-state index is 14.3. The standard InChI is InChI=1S/C28H21F4N3O5/c1-34-26-18-11-20(30)21(31)12-24(18)40-14-19(26)25(33-34)27(36)35(13-15-3-2-4-17(29)9-15)7-8-39-23-6-5-16(28(37)38)10-22(23)32/h2-6,9-12H,7-8,13-14H2,1H3,(H,37,38). The topological polar surface area (TPSA) is 93.9 Å². The molecule has 1 N–H and O–H groups in total. The van der Waals surface area contributed by atoms with Gasteiger partial charge in [0.05, 0.1) is 17.8 Å². The molecule has 0 saturated heterocycles. The fourth-order valence-corrected chi connectivity index (χ4v) is 4.47. The maximum atomic E-state index is 14.3. The molecule has 5 rings (SSSR count). The van der Waals surface area contributed by atoms with Crippen LogP contribution in [0.25, 0.3) is 11.3 Å². The molecule has 0 unspecified atom stereocenters. The maximum Gasteiger partial charge on any atom is 0.335 e. The molecule has 0 saturated carbocycles. The molecule has 4 aromatic rings. The number of benzene rings is 3. The summed E-state index contributed by atoms with van der Waals surface area (Å²) in [5.74, 6) is -5.53. The SMILES string of the molecule is Cn1nc(C(=O)N(CCOc2ccc(C(=O)O)cc2F)Cc2cccc(F)c2)c2c1-c1cc(F)c(F)cc1OC2. The molecule has 0 atom stereocenters. The number of ether oxygens (including phenoxy) is 2. The van der Waals surface area contributed by atoms with Gasteiger partial charge in [0.2, 0.25) is 0 Å². The van der Waals surface area contributed by atoms with Crippen molar-refractivity contribution in [3.05, 3.63) is 100 Å². The van der Waals surface area contributed by atoms with E-state index < -0.39 is 35.1 Å². The average Bonchev–Trinajstić information content (AvgIpc) is 3.26. The highest BCUT2D eigenvalue weighted by atomic mass is 19.2. The van der Waals surface area contributed by atoms with E-state index in [1.807, 2.05) is 0 Å². The van der Waals surface area contributed by atoms with Crippen molar-refractivity contribution in [3.8, 4) is 22.8 Å². The number of hydrogen-bond donors (Lipinski definition) is 1. The van der Waals surface area contributed by atoms with Gasteiger partial charge in [-0.15, -0.1) is 0 Å². The molecule has 3 aromatic carbocycles. The molecule has 0 spiro atoms. The van der Waals surface area contributed by atoms with E-state index >= 15 is 0 Å². The zero-order valence-corrected chi connectivity index (χ0v) is 21.0. The third kappa shape index (κ3) is 5.20. The van der Waals surface area contributed by atoms with Gasteiger partial charge in [0.1, 0.15) is 24.8 Å². The number of nitrogens with zero attached hydrogens (tertiary/aromatic N) is 3. The number of hydrogen-bond acceptors (Lipinski definition) is 5. The lowest BCUT2D eigenvalue weighted by Crippen LogP contribution is -2.35. The molecule has 8 nitrogen and oxygen atoms in total. The van der Waals surface area contributed by atoms with E-state index in [9.17, 15) is 27.2 Å². The lowest BCUT2D eigenvalue weighted by Gasteiger charge is -2.24. The first kappa shape index (κ1) is 26.7. The second-order valence-electron chi connectivity index (χ2n) is 9.01. The van der Waals surface area contributed by atoms with Crippen molar-refractivity contribution >= 4 is 11.9 Å². The predicted octanol–water partition coefficient (Wildman–Crippen LogP) is 4.96. The number of fused-ring (bicyclic) bond motifs is 3. The summed E-state index contributed by atoms with van der Waals surface area (Å²) in [5.41, 5.74) is 1.17. The molecule has 0 bridgehead atoms. The fraction of sp³-hybridized carbons (Fsp3) is 0.179. The smallest absolute Gasteiger partial charge is 0.335 e. The Kier molecular flexibility index (Phi) is 7.16. The normalized spacial score (nSPS) is 11.8. The van der Waals surface area contributed by atoms with Crippen LogP contribution in [0, 0.1) is 23.3 Å². The van der Waals surface area contributed by atoms with Crippen molar-refractivity contribution in [1.29, 1.82) is 0 Å². The van der Waals surface area contributed by atoms with Gasteiger partial charge in [-0.05, 0) is 42.0 Å². The molecule has 0 radical (unpaired) electrons. The number of aromatic carboxylic acids is 1. The van der Waals surface area contributed by atoms with Gasteiger partial charge in [-0.25, -0.2) is 22.4 Å². The second kappa shape index (κ2) is 10.7. The van der Waals surface area contributed by atoms with Crippen LogP contribution in [-0.4, -0.2) is 44.8 Å². The average molecular weight is 555 g/mol. The summed E-state index contributed by atoms with van der Waals surface area (Å²) >= 11 is 0. The van der Waals surface area contributed by atoms with Crippen LogP contribution >= 0.6 is 0 Å². The number of halogens is 4. The highest BCUT2D eigenvalue weighted by Crippen LogP contribution is 2.40. The summed E-state index contributed by atoms with van der Waals surface area (Å²) in [6.45, 7) is -0.460. The van der Waals surface area contributed by atoms with Crippen molar-refractivity contribution in [2.45, 2.75) is 13.2 Å². The Labute approximate surface area is 225 Å². The van der Waals surface area contributed by atoms with Gasteiger partial charge in [-0.1, -0.05) is 12.1 Å². The zero-order valence-electron chi connectivity index (χ0n) is 21.0. The Morgan fingerprint density at radius 3 is 2.55 bits per heavy atom. The monoisotopic (exact) mass is 555 g/mol. The molecule has 206 valence electrons. The summed E-state index contributed by atoms with van der Waals surface area (Å²) in [5, 5.41) is 13.3. The quantitative estimate of drug-likeness (QED) is 0.309. The summed E-state index contributed by atoms with van der Waals surface area (Å²) in [4.78, 5) is 26.1. The van der Waals surface area contributed by atoms with Crippen LogP contribution < -0.4 is 9.47 Å². The molecule has 0 aliphatic carbocycles. The van der Waals surface area contributed by atoms with E-state index in [0.717, 1.165) is 18.2 Å². The number of carbonyl (C=O) groups excluding carboxylic acids is 1. The Balaban J connectivity index is 1.43. The van der Waals surface area contributed by atoms with Gasteiger partial charge in [-0.3, -0.25) is 9.48 Å². The number of carboxylic acid groups (broad SMARTS) is 1. The third-order valence-corrected chi connectivity index (χ3v) is 6.34. The van der Waals surface area contributed by atoms with Crippen molar-refractivity contribution in [2.75, 3.05) is 13.2 Å². The summed E-state index contributed by atoms with van der Waals surface area (Å²) in [7, 11) is 1.55. The van der Waals surface area contributed by atoms with Crippen molar-refractivity contribution < 1.29 is 41.7 Å². The summed E-state index contributed by atoms with van der Waals surface area (Å²) < 4.78 is 68.4. The van der Waals surface area contributed by atoms with E-state index in [4.69, 9.17) is 14.6 Å². The number of aromatic nitrogens is 2. The number of amides is 1. The van der Waals surface area contributed by atoms with E-state index in [0.29, 0.717) is 16.8 Å². The van der Waals surface area contributed by atoms with Gasteiger partial charge < -0.3 is 19.5 Å². The van der Waals surface area contributed by atoms with E-state index in [1.165, 1.54) is 39.9 Å². The minimum atomic E-state index is -1.30. The van der Waals surface area contributed by atoms with Crippen molar-refractivity contribution in [2.24, 2.45) is 7.05 Å². The number of rotatable bonds is 8. The highest BCUT2D eigenvalue weighted by molar-refractivity contribution is 5.96. The third-order valence-electron chi connectivity index (χ3n) is 6.34. The number of carbonyl (C=O) groups is 2. The minimum absolute atomic E-state index is 0.0127. The number of carboxylic acids is 1. The predicted molar refractivity (Wildman–Crippen MR) is 133 cm³/mol. The van der Waals surface area contributed by atoms with Gasteiger partial charge in [0, 0.05) is 30.8 Å². The van der Waals surface area contributed by atoms with E-state index in [1.54, 1.807) is 13.1 Å². The molecule has 40 heavy (non-hydrogen) atoms. The summed E-state index contributed by atoms with van der Waals surface area (Å²) in [6, 6.07) is 10.7. The molecule has 1 aliphatic rings. The van der Waals surface area contributed by atoms with Crippen LogP contribution in [0.5, 0.6) is 11.5 Å². The van der Waals surface area contributed by atoms with Crippen LogP contribution in [0.4, 0.5) is 17.6 Å². The molecule has 1 aromatic heterocycles. The van der Waals surface area contributed by atoms with Crippen LogP contribution in [0.2, 0.25) is 0 Å². The molecular formula is C28H21F4N3O5. The first-order valence-electron chi connectivity index (χ1n) is 12.0. The van der Waals surface area contributed by atoms with Gasteiger partial charge in [0.15, 0.2) is 28.9 Å². The Bertz CT molecular complexity index is 1640. The van der Waals surface area contributed by atoms with Crippen LogP contribution in [0.1, 0.15) is 32.0 Å². The highest BCUT2D eigenvalue weighted by Gasteiger charge is 2.32. The summed E-state index contributed by atoms with van der Waals surface area (Å²) in [6.07, 6.45) is 0. The molecular weight excluding hydrogens is 534 g/mol. The zero-order chi connectivity index (χ0) is 28.6. The van der Waals surface area contributed by atoms with Gasteiger partial charge in [0.25, 0.3) is 5.91 Å². The van der Waals surface area contributed by atoms with E-state index in [-0.39, 0.29) is 54.6 Å². The molecule has 1 aliphatic heterocycles. The minimum Gasteiger partial charge on any atom is -0.489 e. The Morgan fingerprint density at radius 2 is 1.82 bits per heavy atom. The second-order valence-corrected chi connectivity index (χ2v) is 9.01. The lowest BCUT2D eigenvalue weighted by atomic mass is 10.0. The van der Waals surface area contributed by atoms with Gasteiger partial charge >= 0.3 is 5.97 Å². The van der Waals surface area contributed by atoms with E-state index in [2.05, 4.69) is 5.10 Å². The fourth-order valence-electron chi connectivity index (χ4n) is 4.47. The van der Waals surface area contributed by atoms with Crippen LogP contribution in [-0.2, 0) is 20.2 Å². The van der Waals surface area contributed by atoms with Crippen LogP contribution in [0.3, 0.4) is 0 Å². The number of aryl methyl sites for hydroxylation is 1. The van der Waals surface area contributed by atoms with Crippen molar-refractivity contribution in [3.63, 3.8) is 0 Å². The largest absolute Gasteiger partial charge is 0.489 e. The Morgan fingerprint density at radius 1 is 1.05 bits per heavy atom. The van der Waals surface area contributed by atoms with Gasteiger partial charge in [-0.2, -0.15) is 5.10 Å². The lowest BCUT2D eigenvalue weighted by molar-refractivity contribution is 0.0689.